The molecule has 0 saturated heterocycles. The first-order chi connectivity index (χ1) is 13.3. The summed E-state index contributed by atoms with van der Waals surface area (Å²) in [5.74, 6) is -1.02. The largest absolute Gasteiger partial charge is 0.493 e. The number of hydrogen-bond donors (Lipinski definition) is 0. The number of hydrogen-bond acceptors (Lipinski definition) is 3. The molecule has 1 heterocycles. The van der Waals surface area contributed by atoms with E-state index in [2.05, 4.69) is 6.92 Å². The van der Waals surface area contributed by atoms with Gasteiger partial charge in [0.15, 0.2) is 0 Å². The van der Waals surface area contributed by atoms with Crippen LogP contribution in [0.2, 0.25) is 5.02 Å². The summed E-state index contributed by atoms with van der Waals surface area (Å²) in [5.41, 5.74) is -1.59. The van der Waals surface area contributed by atoms with Crippen molar-refractivity contribution in [2.75, 3.05) is 6.61 Å². The topological polar surface area (TPSA) is 39.4 Å². The van der Waals surface area contributed by atoms with E-state index >= 15 is 0 Å². The molecule has 0 amide bonds. The molecular formula is C21H18ClF3O3. The Hall–Kier alpha value is -2.47. The summed E-state index contributed by atoms with van der Waals surface area (Å²) in [5, 5.41) is 0.0688. The lowest BCUT2D eigenvalue weighted by Gasteiger charge is -2.14. The van der Waals surface area contributed by atoms with Gasteiger partial charge in [-0.3, -0.25) is 4.79 Å². The predicted octanol–water partition coefficient (Wildman–Crippen LogP) is 6.70. The van der Waals surface area contributed by atoms with Gasteiger partial charge in [-0.2, -0.15) is 13.2 Å². The molecule has 0 radical (unpaired) electrons. The zero-order valence-corrected chi connectivity index (χ0v) is 15.9. The second-order valence-corrected chi connectivity index (χ2v) is 6.73. The molecule has 0 N–H and O–H groups in total. The fourth-order valence-corrected chi connectivity index (χ4v) is 3.14. The van der Waals surface area contributed by atoms with Crippen LogP contribution in [0, 0.1) is 0 Å². The lowest BCUT2D eigenvalue weighted by atomic mass is 10.0. The van der Waals surface area contributed by atoms with Crippen molar-refractivity contribution in [2.24, 2.45) is 0 Å². The molecule has 0 aliphatic heterocycles. The molecule has 1 aromatic heterocycles. The maximum absolute atomic E-state index is 13.7. The minimum Gasteiger partial charge on any atom is -0.493 e. The first kappa shape index (κ1) is 20.3. The predicted molar refractivity (Wildman–Crippen MR) is 103 cm³/mol. The lowest BCUT2D eigenvalue weighted by molar-refractivity contribution is -0.152. The molecule has 3 rings (SSSR count). The highest BCUT2D eigenvalue weighted by Crippen LogP contribution is 2.39. The molecule has 0 atom stereocenters. The van der Waals surface area contributed by atoms with E-state index in [1.54, 1.807) is 12.1 Å². The van der Waals surface area contributed by atoms with Gasteiger partial charge < -0.3 is 9.15 Å². The molecule has 0 fully saturated rings. The number of fused-ring (bicyclic) bond motifs is 1. The minimum atomic E-state index is -4.86. The van der Waals surface area contributed by atoms with Crippen LogP contribution in [0.15, 0.2) is 51.7 Å². The van der Waals surface area contributed by atoms with Gasteiger partial charge in [0.05, 0.1) is 17.6 Å². The van der Waals surface area contributed by atoms with Crippen molar-refractivity contribution < 1.29 is 22.3 Å². The highest BCUT2D eigenvalue weighted by molar-refractivity contribution is 6.33. The van der Waals surface area contributed by atoms with Crippen molar-refractivity contribution in [1.82, 2.24) is 0 Å². The van der Waals surface area contributed by atoms with E-state index in [0.717, 1.165) is 19.3 Å². The zero-order valence-electron chi connectivity index (χ0n) is 15.1. The summed E-state index contributed by atoms with van der Waals surface area (Å²) in [4.78, 5) is 12.9. The van der Waals surface area contributed by atoms with Gasteiger partial charge in [0.2, 0.25) is 11.2 Å². The van der Waals surface area contributed by atoms with Gasteiger partial charge in [-0.05, 0) is 24.6 Å². The van der Waals surface area contributed by atoms with Crippen LogP contribution in [0.1, 0.15) is 31.9 Å². The van der Waals surface area contributed by atoms with Crippen LogP contribution in [0.4, 0.5) is 13.2 Å². The Bertz CT molecular complexity index is 1040. The van der Waals surface area contributed by atoms with Crippen molar-refractivity contribution >= 4 is 22.6 Å². The van der Waals surface area contributed by atoms with Crippen molar-refractivity contribution in [3.05, 3.63) is 63.5 Å². The Kier molecular flexibility index (Phi) is 5.98. The first-order valence-corrected chi connectivity index (χ1v) is 9.26. The first-order valence-electron chi connectivity index (χ1n) is 8.88. The molecule has 3 aromatic rings. The molecule has 0 spiro atoms. The second-order valence-electron chi connectivity index (χ2n) is 6.33. The van der Waals surface area contributed by atoms with Crippen LogP contribution >= 0.6 is 11.6 Å². The van der Waals surface area contributed by atoms with Gasteiger partial charge in [0.25, 0.3) is 0 Å². The van der Waals surface area contributed by atoms with Crippen molar-refractivity contribution in [3.8, 4) is 16.9 Å². The standard InChI is InChI=1S/C21H18ClF3O3/c1-2-3-6-11-27-13-9-10-15-17(12-13)28-20(21(23,24)25)18(19(15)26)14-7-4-5-8-16(14)22/h4-5,7-10,12H,2-3,6,11H2,1H3. The molecule has 28 heavy (non-hydrogen) atoms. The number of rotatable bonds is 6. The van der Waals surface area contributed by atoms with Crippen LogP contribution in [0.5, 0.6) is 5.75 Å². The lowest BCUT2D eigenvalue weighted by Crippen LogP contribution is -2.16. The molecule has 2 aromatic carbocycles. The van der Waals surface area contributed by atoms with Crippen molar-refractivity contribution in [1.29, 1.82) is 0 Å². The molecule has 3 nitrogen and oxygen atoms in total. The highest BCUT2D eigenvalue weighted by Gasteiger charge is 2.39. The molecule has 0 bridgehead atoms. The molecule has 0 aliphatic carbocycles. The Morgan fingerprint density at radius 2 is 1.86 bits per heavy atom. The third-order valence-electron chi connectivity index (χ3n) is 4.28. The van der Waals surface area contributed by atoms with E-state index in [1.807, 2.05) is 0 Å². The van der Waals surface area contributed by atoms with Gasteiger partial charge in [-0.25, -0.2) is 0 Å². The maximum Gasteiger partial charge on any atom is 0.450 e. The summed E-state index contributed by atoms with van der Waals surface area (Å²) in [6.07, 6.45) is -2.02. The van der Waals surface area contributed by atoms with Gasteiger partial charge in [-0.1, -0.05) is 49.6 Å². The average Bonchev–Trinajstić information content (AvgIpc) is 2.65. The number of unbranched alkanes of at least 4 members (excludes halogenated alkanes) is 2. The number of alkyl halides is 3. The molecule has 148 valence electrons. The van der Waals surface area contributed by atoms with E-state index in [-0.39, 0.29) is 21.6 Å². The Balaban J connectivity index is 2.15. The van der Waals surface area contributed by atoms with Crippen LogP contribution < -0.4 is 10.2 Å². The van der Waals surface area contributed by atoms with Gasteiger partial charge in [-0.15, -0.1) is 0 Å². The third-order valence-corrected chi connectivity index (χ3v) is 4.61. The van der Waals surface area contributed by atoms with Crippen LogP contribution in [0.25, 0.3) is 22.1 Å². The maximum atomic E-state index is 13.7. The van der Waals surface area contributed by atoms with Crippen molar-refractivity contribution in [2.45, 2.75) is 32.4 Å². The Labute approximate surface area is 164 Å². The van der Waals surface area contributed by atoms with E-state index in [4.69, 9.17) is 20.8 Å². The van der Waals surface area contributed by atoms with Crippen LogP contribution in [-0.2, 0) is 6.18 Å². The smallest absolute Gasteiger partial charge is 0.450 e. The zero-order chi connectivity index (χ0) is 20.3. The van der Waals surface area contributed by atoms with Gasteiger partial charge >= 0.3 is 6.18 Å². The normalized spacial score (nSPS) is 11.8. The fourth-order valence-electron chi connectivity index (χ4n) is 2.91. The number of halogens is 4. The average molecular weight is 411 g/mol. The molecule has 0 aliphatic rings. The monoisotopic (exact) mass is 410 g/mol. The summed E-state index contributed by atoms with van der Waals surface area (Å²) in [6, 6.07) is 10.1. The fraction of sp³-hybridized carbons (Fsp3) is 0.286. The second kappa shape index (κ2) is 8.27. The minimum absolute atomic E-state index is 0.0213. The molecule has 0 unspecified atom stereocenters. The summed E-state index contributed by atoms with van der Waals surface area (Å²) in [7, 11) is 0. The van der Waals surface area contributed by atoms with E-state index < -0.39 is 22.9 Å². The SMILES string of the molecule is CCCCCOc1ccc2c(=O)c(-c3ccccc3Cl)c(C(F)(F)F)oc2c1. The molecule has 7 heteroatoms. The summed E-state index contributed by atoms with van der Waals surface area (Å²) < 4.78 is 51.7. The highest BCUT2D eigenvalue weighted by atomic mass is 35.5. The van der Waals surface area contributed by atoms with Crippen LogP contribution in [-0.4, -0.2) is 6.61 Å². The number of ether oxygens (including phenoxy) is 1. The number of benzene rings is 2. The molecule has 0 saturated carbocycles. The Morgan fingerprint density at radius 1 is 1.11 bits per heavy atom. The summed E-state index contributed by atoms with van der Waals surface area (Å²) >= 11 is 6.04. The van der Waals surface area contributed by atoms with Crippen molar-refractivity contribution in [3.63, 3.8) is 0 Å². The van der Waals surface area contributed by atoms with Crippen LogP contribution in [0.3, 0.4) is 0 Å². The van der Waals surface area contributed by atoms with E-state index in [1.165, 1.54) is 30.3 Å². The van der Waals surface area contributed by atoms with Gasteiger partial charge in [0.1, 0.15) is 11.3 Å². The van der Waals surface area contributed by atoms with E-state index in [9.17, 15) is 18.0 Å². The third kappa shape index (κ3) is 4.17. The van der Waals surface area contributed by atoms with E-state index in [0.29, 0.717) is 12.4 Å². The van der Waals surface area contributed by atoms with Gasteiger partial charge in [0, 0.05) is 16.7 Å². The molecular weight excluding hydrogens is 393 g/mol. The summed E-state index contributed by atoms with van der Waals surface area (Å²) in [6.45, 7) is 2.49. The quantitative estimate of drug-likeness (QED) is 0.424. The Morgan fingerprint density at radius 3 is 2.54 bits per heavy atom.